The highest BCUT2D eigenvalue weighted by atomic mass is 32.2. The molecule has 0 amide bonds. The summed E-state index contributed by atoms with van der Waals surface area (Å²) in [5.74, 6) is 0.712. The van der Waals surface area contributed by atoms with Gasteiger partial charge in [-0.2, -0.15) is 0 Å². The molecule has 1 aromatic carbocycles. The monoisotopic (exact) mass is 257 g/mol. The number of Topliss-reactive ketones (excluding diaryl/α,β-unsaturated/α-hetero) is 1. The van der Waals surface area contributed by atoms with Crippen LogP contribution in [-0.4, -0.2) is 16.5 Å². The molecular weight excluding hydrogens is 242 g/mol. The number of hydrogen-bond acceptors (Lipinski definition) is 3. The second-order valence-electron chi connectivity index (χ2n) is 4.09. The number of rotatable bonds is 5. The Balaban J connectivity index is 1.88. The summed E-state index contributed by atoms with van der Waals surface area (Å²) in [6.45, 7) is 2.06. The van der Waals surface area contributed by atoms with E-state index in [1.165, 1.54) is 10.5 Å². The van der Waals surface area contributed by atoms with E-state index in [1.807, 2.05) is 36.4 Å². The van der Waals surface area contributed by atoms with Crippen LogP contribution >= 0.6 is 11.8 Å². The molecule has 0 radical (unpaired) electrons. The topological polar surface area (TPSA) is 30.0 Å². The molecule has 2 nitrogen and oxygen atoms in total. The lowest BCUT2D eigenvalue weighted by molar-refractivity contribution is -0.116. The molecule has 0 aliphatic carbocycles. The highest BCUT2D eigenvalue weighted by Crippen LogP contribution is 2.21. The fourth-order valence-corrected chi connectivity index (χ4v) is 2.52. The number of carbonyl (C=O) groups excluding carboxylic acids is 1. The molecule has 2 aromatic rings. The summed E-state index contributed by atoms with van der Waals surface area (Å²) in [6, 6.07) is 13.8. The van der Waals surface area contributed by atoms with E-state index in [-0.39, 0.29) is 5.78 Å². The SMILES string of the molecule is Cc1ccccc1SCC(=O)Cc1ccccn1. The molecule has 2 rings (SSSR count). The van der Waals surface area contributed by atoms with Crippen LogP contribution in [0.1, 0.15) is 11.3 Å². The average molecular weight is 257 g/mol. The lowest BCUT2D eigenvalue weighted by atomic mass is 10.2. The molecule has 0 saturated heterocycles. The van der Waals surface area contributed by atoms with Crippen molar-refractivity contribution in [1.82, 2.24) is 4.98 Å². The van der Waals surface area contributed by atoms with E-state index in [9.17, 15) is 4.79 Å². The summed E-state index contributed by atoms with van der Waals surface area (Å²) in [7, 11) is 0. The molecule has 3 heteroatoms. The van der Waals surface area contributed by atoms with Gasteiger partial charge in [-0.25, -0.2) is 0 Å². The maximum absolute atomic E-state index is 11.8. The van der Waals surface area contributed by atoms with Crippen LogP contribution in [0.4, 0.5) is 0 Å². The molecule has 0 atom stereocenters. The number of pyridine rings is 1. The van der Waals surface area contributed by atoms with Crippen LogP contribution < -0.4 is 0 Å². The molecule has 0 N–H and O–H groups in total. The van der Waals surface area contributed by atoms with E-state index in [2.05, 4.69) is 18.0 Å². The Morgan fingerprint density at radius 1 is 1.17 bits per heavy atom. The molecule has 0 aliphatic heterocycles. The van der Waals surface area contributed by atoms with Crippen molar-refractivity contribution in [3.8, 4) is 0 Å². The molecule has 1 aromatic heterocycles. The minimum absolute atomic E-state index is 0.210. The smallest absolute Gasteiger partial charge is 0.149 e. The van der Waals surface area contributed by atoms with Crippen molar-refractivity contribution in [2.45, 2.75) is 18.2 Å². The van der Waals surface area contributed by atoms with Crippen LogP contribution in [0.5, 0.6) is 0 Å². The first kappa shape index (κ1) is 12.8. The summed E-state index contributed by atoms with van der Waals surface area (Å²) in [5.41, 5.74) is 2.06. The Morgan fingerprint density at radius 2 is 1.94 bits per heavy atom. The van der Waals surface area contributed by atoms with Gasteiger partial charge in [-0.15, -0.1) is 11.8 Å². The van der Waals surface area contributed by atoms with Crippen LogP contribution in [0.25, 0.3) is 0 Å². The Kier molecular flexibility index (Phi) is 4.53. The number of carbonyl (C=O) groups is 1. The highest BCUT2D eigenvalue weighted by Gasteiger charge is 2.06. The molecule has 0 saturated carbocycles. The number of thioether (sulfide) groups is 1. The fourth-order valence-electron chi connectivity index (χ4n) is 1.63. The van der Waals surface area contributed by atoms with Crippen LogP contribution in [0.3, 0.4) is 0 Å². The number of aromatic nitrogens is 1. The standard InChI is InChI=1S/C15H15NOS/c1-12-6-2-3-8-15(12)18-11-14(17)10-13-7-4-5-9-16-13/h2-9H,10-11H2,1H3. The van der Waals surface area contributed by atoms with Gasteiger partial charge in [-0.05, 0) is 30.7 Å². The number of nitrogens with zero attached hydrogens (tertiary/aromatic N) is 1. The molecule has 0 bridgehead atoms. The number of hydrogen-bond donors (Lipinski definition) is 0. The van der Waals surface area contributed by atoms with Crippen LogP contribution in [0, 0.1) is 6.92 Å². The van der Waals surface area contributed by atoms with Crippen LogP contribution in [-0.2, 0) is 11.2 Å². The van der Waals surface area contributed by atoms with Gasteiger partial charge in [0.1, 0.15) is 5.78 Å². The molecule has 0 fully saturated rings. The van der Waals surface area contributed by atoms with E-state index in [0.717, 1.165) is 5.69 Å². The third-order valence-electron chi connectivity index (χ3n) is 2.59. The minimum atomic E-state index is 0.210. The average Bonchev–Trinajstić information content (AvgIpc) is 2.39. The van der Waals surface area contributed by atoms with Gasteiger partial charge < -0.3 is 0 Å². The zero-order chi connectivity index (χ0) is 12.8. The van der Waals surface area contributed by atoms with Gasteiger partial charge in [0.25, 0.3) is 0 Å². The predicted molar refractivity (Wildman–Crippen MR) is 74.9 cm³/mol. The van der Waals surface area contributed by atoms with Crippen molar-refractivity contribution in [3.05, 3.63) is 59.9 Å². The van der Waals surface area contributed by atoms with Crippen molar-refractivity contribution >= 4 is 17.5 Å². The Morgan fingerprint density at radius 3 is 2.67 bits per heavy atom. The van der Waals surface area contributed by atoms with E-state index in [1.54, 1.807) is 18.0 Å². The Hall–Kier alpha value is -1.61. The molecule has 0 unspecified atom stereocenters. The largest absolute Gasteiger partial charge is 0.298 e. The summed E-state index contributed by atoms with van der Waals surface area (Å²) >= 11 is 1.60. The van der Waals surface area contributed by atoms with Crippen molar-refractivity contribution in [1.29, 1.82) is 0 Å². The number of ketones is 1. The van der Waals surface area contributed by atoms with Crippen molar-refractivity contribution in [3.63, 3.8) is 0 Å². The van der Waals surface area contributed by atoms with Gasteiger partial charge in [0.15, 0.2) is 0 Å². The zero-order valence-electron chi connectivity index (χ0n) is 10.3. The first-order chi connectivity index (χ1) is 8.75. The summed E-state index contributed by atoms with van der Waals surface area (Å²) < 4.78 is 0. The van der Waals surface area contributed by atoms with Gasteiger partial charge in [0, 0.05) is 23.2 Å². The minimum Gasteiger partial charge on any atom is -0.298 e. The lowest BCUT2D eigenvalue weighted by Crippen LogP contribution is -2.06. The van der Waals surface area contributed by atoms with E-state index < -0.39 is 0 Å². The second kappa shape index (κ2) is 6.36. The number of aryl methyl sites for hydroxylation is 1. The summed E-state index contributed by atoms with van der Waals surface area (Å²) in [5, 5.41) is 0. The lowest BCUT2D eigenvalue weighted by Gasteiger charge is -2.04. The maximum atomic E-state index is 11.8. The van der Waals surface area contributed by atoms with Crippen LogP contribution in [0.15, 0.2) is 53.6 Å². The van der Waals surface area contributed by atoms with Crippen molar-refractivity contribution in [2.24, 2.45) is 0 Å². The zero-order valence-corrected chi connectivity index (χ0v) is 11.1. The second-order valence-corrected chi connectivity index (χ2v) is 5.11. The molecule has 92 valence electrons. The molecule has 0 aliphatic rings. The van der Waals surface area contributed by atoms with Gasteiger partial charge >= 0.3 is 0 Å². The van der Waals surface area contributed by atoms with Crippen molar-refractivity contribution in [2.75, 3.05) is 5.75 Å². The van der Waals surface area contributed by atoms with Crippen LogP contribution in [0.2, 0.25) is 0 Å². The van der Waals surface area contributed by atoms with E-state index in [0.29, 0.717) is 12.2 Å². The Bertz CT molecular complexity index is 525. The quantitative estimate of drug-likeness (QED) is 0.770. The first-order valence-corrected chi connectivity index (χ1v) is 6.84. The molecular formula is C15H15NOS. The molecule has 0 spiro atoms. The maximum Gasteiger partial charge on any atom is 0.149 e. The van der Waals surface area contributed by atoms with E-state index in [4.69, 9.17) is 0 Å². The third kappa shape index (κ3) is 3.70. The van der Waals surface area contributed by atoms with Gasteiger partial charge in [-0.3, -0.25) is 9.78 Å². The normalized spacial score (nSPS) is 10.3. The predicted octanol–water partition coefficient (Wildman–Crippen LogP) is 3.29. The fraction of sp³-hybridized carbons (Fsp3) is 0.200. The molecule has 18 heavy (non-hydrogen) atoms. The van der Waals surface area contributed by atoms with Crippen molar-refractivity contribution < 1.29 is 4.79 Å². The van der Waals surface area contributed by atoms with Gasteiger partial charge in [0.2, 0.25) is 0 Å². The van der Waals surface area contributed by atoms with Gasteiger partial charge in [0.05, 0.1) is 5.75 Å². The molecule has 1 heterocycles. The summed E-state index contributed by atoms with van der Waals surface area (Å²) in [6.07, 6.45) is 2.14. The van der Waals surface area contributed by atoms with E-state index >= 15 is 0 Å². The van der Waals surface area contributed by atoms with Gasteiger partial charge in [-0.1, -0.05) is 24.3 Å². The third-order valence-corrected chi connectivity index (χ3v) is 3.82. The highest BCUT2D eigenvalue weighted by molar-refractivity contribution is 8.00. The summed E-state index contributed by atoms with van der Waals surface area (Å²) in [4.78, 5) is 17.2. The first-order valence-electron chi connectivity index (χ1n) is 5.86. The number of benzene rings is 1. The Labute approximate surface area is 111 Å².